The van der Waals surface area contributed by atoms with E-state index in [1.54, 1.807) is 12.1 Å². The van der Waals surface area contributed by atoms with Crippen molar-refractivity contribution in [3.8, 4) is 11.5 Å². The number of hydrogen-bond donors (Lipinski definition) is 1. The zero-order chi connectivity index (χ0) is 19.8. The van der Waals surface area contributed by atoms with Crippen LogP contribution in [-0.4, -0.2) is 36.6 Å². The number of likely N-dealkylation sites (tertiary alicyclic amines) is 1. The van der Waals surface area contributed by atoms with E-state index in [-0.39, 0.29) is 24.5 Å². The van der Waals surface area contributed by atoms with Gasteiger partial charge in [-0.05, 0) is 67.5 Å². The van der Waals surface area contributed by atoms with Crippen molar-refractivity contribution in [3.05, 3.63) is 53.1 Å². The Kier molecular flexibility index (Phi) is 4.62. The van der Waals surface area contributed by atoms with E-state index in [1.807, 2.05) is 17.0 Å². The molecule has 2 aliphatic heterocycles. The van der Waals surface area contributed by atoms with E-state index in [4.69, 9.17) is 9.47 Å². The predicted octanol–water partition coefficient (Wildman–Crippen LogP) is 3.39. The van der Waals surface area contributed by atoms with E-state index >= 15 is 0 Å². The molecule has 0 atom stereocenters. The lowest BCUT2D eigenvalue weighted by atomic mass is 9.95. The van der Waals surface area contributed by atoms with Gasteiger partial charge < -0.3 is 19.7 Å². The molecular weight excluding hydrogens is 368 g/mol. The van der Waals surface area contributed by atoms with Crippen molar-refractivity contribution in [1.29, 1.82) is 0 Å². The number of amides is 2. The van der Waals surface area contributed by atoms with Crippen molar-refractivity contribution >= 4 is 17.5 Å². The van der Waals surface area contributed by atoms with Crippen LogP contribution in [0.25, 0.3) is 0 Å². The molecule has 6 heteroatoms. The van der Waals surface area contributed by atoms with Crippen LogP contribution >= 0.6 is 0 Å². The van der Waals surface area contributed by atoms with Crippen LogP contribution in [0.1, 0.15) is 40.7 Å². The Morgan fingerprint density at radius 3 is 2.59 bits per heavy atom. The molecular formula is C23H24N2O4. The third kappa shape index (κ3) is 3.55. The minimum Gasteiger partial charge on any atom is -0.454 e. The first-order valence-corrected chi connectivity index (χ1v) is 10.3. The zero-order valence-electron chi connectivity index (χ0n) is 16.3. The van der Waals surface area contributed by atoms with Gasteiger partial charge in [-0.25, -0.2) is 0 Å². The largest absolute Gasteiger partial charge is 0.454 e. The number of nitrogens with zero attached hydrogens (tertiary/aromatic N) is 1. The summed E-state index contributed by atoms with van der Waals surface area (Å²) in [4.78, 5) is 27.4. The molecule has 0 spiro atoms. The average molecular weight is 392 g/mol. The fourth-order valence-electron chi connectivity index (χ4n) is 4.45. The minimum absolute atomic E-state index is 0.00602. The van der Waals surface area contributed by atoms with E-state index in [0.717, 1.165) is 18.4 Å². The molecule has 0 unspecified atom stereocenters. The summed E-state index contributed by atoms with van der Waals surface area (Å²) in [6.45, 7) is 1.42. The SMILES string of the molecule is O=C(Nc1ccc2c(c1)OCO2)C1CCN(C(=O)c2ccc3c(c2)CCC3)CC1. The van der Waals surface area contributed by atoms with Crippen LogP contribution in [-0.2, 0) is 17.6 Å². The van der Waals surface area contributed by atoms with Crippen LogP contribution in [0.3, 0.4) is 0 Å². The highest BCUT2D eigenvalue weighted by atomic mass is 16.7. The number of fused-ring (bicyclic) bond motifs is 2. The lowest BCUT2D eigenvalue weighted by Crippen LogP contribution is -2.41. The number of aryl methyl sites for hydroxylation is 2. The Hall–Kier alpha value is -3.02. The van der Waals surface area contributed by atoms with Crippen molar-refractivity contribution in [2.45, 2.75) is 32.1 Å². The average Bonchev–Trinajstić information content (AvgIpc) is 3.41. The van der Waals surface area contributed by atoms with Gasteiger partial charge in [-0.3, -0.25) is 9.59 Å². The van der Waals surface area contributed by atoms with Gasteiger partial charge in [-0.1, -0.05) is 6.07 Å². The molecule has 3 aliphatic rings. The highest BCUT2D eigenvalue weighted by molar-refractivity contribution is 5.95. The standard InChI is InChI=1S/C23H24N2O4/c26-22(24-19-6-7-20-21(13-19)29-14-28-20)16-8-10-25(11-9-16)23(27)18-5-4-15-2-1-3-17(15)12-18/h4-7,12-13,16H,1-3,8-11,14H2,(H,24,26). The first-order valence-electron chi connectivity index (χ1n) is 10.3. The van der Waals surface area contributed by atoms with E-state index in [0.29, 0.717) is 43.1 Å². The molecule has 5 rings (SSSR count). The van der Waals surface area contributed by atoms with Gasteiger partial charge in [0.15, 0.2) is 11.5 Å². The number of carbonyl (C=O) groups excluding carboxylic acids is 2. The van der Waals surface area contributed by atoms with E-state index < -0.39 is 0 Å². The van der Waals surface area contributed by atoms with Crippen molar-refractivity contribution in [3.63, 3.8) is 0 Å². The van der Waals surface area contributed by atoms with Crippen LogP contribution in [0, 0.1) is 5.92 Å². The lowest BCUT2D eigenvalue weighted by molar-refractivity contribution is -0.121. The number of ether oxygens (including phenoxy) is 2. The molecule has 2 aromatic carbocycles. The minimum atomic E-state index is -0.0931. The fraction of sp³-hybridized carbons (Fsp3) is 0.391. The summed E-state index contributed by atoms with van der Waals surface area (Å²) in [6.07, 6.45) is 4.71. The fourth-order valence-corrected chi connectivity index (χ4v) is 4.45. The second-order valence-corrected chi connectivity index (χ2v) is 7.96. The van der Waals surface area contributed by atoms with Gasteiger partial charge in [0.25, 0.3) is 5.91 Å². The van der Waals surface area contributed by atoms with Gasteiger partial charge in [-0.15, -0.1) is 0 Å². The van der Waals surface area contributed by atoms with Gasteiger partial charge in [0.05, 0.1) is 0 Å². The van der Waals surface area contributed by atoms with Gasteiger partial charge >= 0.3 is 0 Å². The first kappa shape index (κ1) is 18.0. The number of nitrogens with one attached hydrogen (secondary N) is 1. The number of anilines is 1. The van der Waals surface area contributed by atoms with Gasteiger partial charge in [0.2, 0.25) is 12.7 Å². The van der Waals surface area contributed by atoms with Crippen molar-refractivity contribution in [2.75, 3.05) is 25.2 Å². The van der Waals surface area contributed by atoms with Crippen LogP contribution in [0.2, 0.25) is 0 Å². The number of hydrogen-bond acceptors (Lipinski definition) is 4. The molecule has 2 heterocycles. The number of piperidine rings is 1. The number of rotatable bonds is 3. The van der Waals surface area contributed by atoms with E-state index in [1.165, 1.54) is 17.5 Å². The summed E-state index contributed by atoms with van der Waals surface area (Å²) in [6, 6.07) is 11.5. The van der Waals surface area contributed by atoms with Crippen LogP contribution in [0.5, 0.6) is 11.5 Å². The Labute approximate surface area is 169 Å². The molecule has 0 radical (unpaired) electrons. The van der Waals surface area contributed by atoms with Crippen molar-refractivity contribution in [2.24, 2.45) is 5.92 Å². The summed E-state index contributed by atoms with van der Waals surface area (Å²) in [5.41, 5.74) is 4.17. The smallest absolute Gasteiger partial charge is 0.253 e. The molecule has 1 saturated heterocycles. The van der Waals surface area contributed by atoms with Gasteiger partial charge in [-0.2, -0.15) is 0 Å². The third-order valence-corrected chi connectivity index (χ3v) is 6.14. The maximum Gasteiger partial charge on any atom is 0.253 e. The van der Waals surface area contributed by atoms with Gasteiger partial charge in [0, 0.05) is 36.3 Å². The summed E-state index contributed by atoms with van der Waals surface area (Å²) in [5.74, 6) is 1.33. The topological polar surface area (TPSA) is 67.9 Å². The third-order valence-electron chi connectivity index (χ3n) is 6.14. The van der Waals surface area contributed by atoms with Crippen molar-refractivity contribution in [1.82, 2.24) is 4.90 Å². The molecule has 6 nitrogen and oxygen atoms in total. The normalized spacial score (nSPS) is 17.9. The monoisotopic (exact) mass is 392 g/mol. The quantitative estimate of drug-likeness (QED) is 0.869. The Morgan fingerprint density at radius 2 is 1.72 bits per heavy atom. The number of benzene rings is 2. The Morgan fingerprint density at radius 1 is 0.931 bits per heavy atom. The van der Waals surface area contributed by atoms with E-state index in [2.05, 4.69) is 17.4 Å². The molecule has 0 aromatic heterocycles. The van der Waals surface area contributed by atoms with E-state index in [9.17, 15) is 9.59 Å². The molecule has 1 aliphatic carbocycles. The van der Waals surface area contributed by atoms with Crippen LogP contribution in [0.15, 0.2) is 36.4 Å². The second-order valence-electron chi connectivity index (χ2n) is 7.96. The molecule has 0 bridgehead atoms. The maximum absolute atomic E-state index is 12.9. The summed E-state index contributed by atoms with van der Waals surface area (Å²) in [7, 11) is 0. The molecule has 0 saturated carbocycles. The Bertz CT molecular complexity index is 963. The summed E-state index contributed by atoms with van der Waals surface area (Å²) < 4.78 is 10.7. The number of carbonyl (C=O) groups is 2. The molecule has 29 heavy (non-hydrogen) atoms. The lowest BCUT2D eigenvalue weighted by Gasteiger charge is -2.31. The zero-order valence-corrected chi connectivity index (χ0v) is 16.3. The first-order chi connectivity index (χ1) is 14.2. The Balaban J connectivity index is 1.18. The molecule has 2 aromatic rings. The van der Waals surface area contributed by atoms with Crippen molar-refractivity contribution < 1.29 is 19.1 Å². The summed E-state index contributed by atoms with van der Waals surface area (Å²) >= 11 is 0. The van der Waals surface area contributed by atoms with Crippen LogP contribution < -0.4 is 14.8 Å². The molecule has 2 amide bonds. The van der Waals surface area contributed by atoms with Gasteiger partial charge in [0.1, 0.15) is 0 Å². The van der Waals surface area contributed by atoms with Crippen LogP contribution in [0.4, 0.5) is 5.69 Å². The molecule has 150 valence electrons. The molecule has 1 N–H and O–H groups in total. The highest BCUT2D eigenvalue weighted by Crippen LogP contribution is 2.34. The second kappa shape index (κ2) is 7.43. The molecule has 1 fully saturated rings. The predicted molar refractivity (Wildman–Crippen MR) is 108 cm³/mol. The summed E-state index contributed by atoms with van der Waals surface area (Å²) in [5, 5.41) is 2.97. The maximum atomic E-state index is 12.9. The highest BCUT2D eigenvalue weighted by Gasteiger charge is 2.28.